The minimum absolute atomic E-state index is 0.756. The highest BCUT2D eigenvalue weighted by molar-refractivity contribution is 5.96. The highest BCUT2D eigenvalue weighted by Crippen LogP contribution is 2.30. The molecule has 0 aliphatic rings. The molecule has 3 rings (SSSR count). The van der Waals surface area contributed by atoms with Gasteiger partial charge in [-0.3, -0.25) is 4.98 Å². The molecule has 94 valence electrons. The van der Waals surface area contributed by atoms with Gasteiger partial charge in [0.25, 0.3) is 0 Å². The Morgan fingerprint density at radius 1 is 1.05 bits per heavy atom. The van der Waals surface area contributed by atoms with Gasteiger partial charge in [0, 0.05) is 28.9 Å². The smallest absolute Gasteiger partial charge is 0.0647 e. The summed E-state index contributed by atoms with van der Waals surface area (Å²) in [5.74, 6) is 0. The molecule has 1 aromatic heterocycles. The summed E-state index contributed by atoms with van der Waals surface area (Å²) in [4.78, 5) is 4.14. The number of nitrogen functional groups attached to an aromatic ring is 1. The molecule has 0 unspecified atom stereocenters. The van der Waals surface area contributed by atoms with Gasteiger partial charge in [0.15, 0.2) is 0 Å². The number of aryl methyl sites for hydroxylation is 1. The van der Waals surface area contributed by atoms with Gasteiger partial charge in [-0.2, -0.15) is 0 Å². The molecule has 0 amide bonds. The molecule has 3 aromatic rings. The molecule has 0 aliphatic heterocycles. The topological polar surface area (TPSA) is 50.9 Å². The fourth-order valence-electron chi connectivity index (χ4n) is 2.23. The Hall–Kier alpha value is -2.55. The largest absolute Gasteiger partial charge is 0.397 e. The summed E-state index contributed by atoms with van der Waals surface area (Å²) in [6, 6.07) is 14.0. The van der Waals surface area contributed by atoms with E-state index in [0.29, 0.717) is 0 Å². The molecule has 3 heteroatoms. The number of fused-ring (bicyclic) bond motifs is 1. The second-order valence-electron chi connectivity index (χ2n) is 4.57. The van der Waals surface area contributed by atoms with Gasteiger partial charge in [-0.25, -0.2) is 0 Å². The molecular weight excluding hydrogens is 234 g/mol. The first-order chi connectivity index (χ1) is 9.25. The van der Waals surface area contributed by atoms with Crippen molar-refractivity contribution < 1.29 is 0 Å². The zero-order chi connectivity index (χ0) is 13.2. The Morgan fingerprint density at radius 2 is 1.89 bits per heavy atom. The fraction of sp³-hybridized carbons (Fsp3) is 0.0625. The van der Waals surface area contributed by atoms with Crippen LogP contribution >= 0.6 is 0 Å². The van der Waals surface area contributed by atoms with Crippen LogP contribution in [0.2, 0.25) is 0 Å². The van der Waals surface area contributed by atoms with Crippen LogP contribution in [-0.2, 0) is 0 Å². The number of pyridine rings is 1. The zero-order valence-corrected chi connectivity index (χ0v) is 10.7. The van der Waals surface area contributed by atoms with Crippen molar-refractivity contribution in [1.82, 2.24) is 4.98 Å². The lowest BCUT2D eigenvalue weighted by atomic mass is 10.1. The van der Waals surface area contributed by atoms with E-state index >= 15 is 0 Å². The summed E-state index contributed by atoms with van der Waals surface area (Å²) >= 11 is 0. The number of anilines is 3. The van der Waals surface area contributed by atoms with Gasteiger partial charge in [0.05, 0.1) is 11.4 Å². The first-order valence-electron chi connectivity index (χ1n) is 6.20. The van der Waals surface area contributed by atoms with Gasteiger partial charge in [-0.15, -0.1) is 0 Å². The number of nitrogens with one attached hydrogen (secondary N) is 1. The molecule has 19 heavy (non-hydrogen) atoms. The molecule has 3 nitrogen and oxygen atoms in total. The van der Waals surface area contributed by atoms with Gasteiger partial charge in [-0.05, 0) is 30.7 Å². The number of para-hydroxylation sites is 1. The minimum atomic E-state index is 0.756. The third-order valence-electron chi connectivity index (χ3n) is 3.25. The molecule has 0 saturated heterocycles. The number of hydrogen-bond acceptors (Lipinski definition) is 3. The molecule has 0 bridgehead atoms. The molecule has 0 atom stereocenters. The molecule has 3 N–H and O–H groups in total. The second-order valence-corrected chi connectivity index (χ2v) is 4.57. The summed E-state index contributed by atoms with van der Waals surface area (Å²) in [7, 11) is 0. The van der Waals surface area contributed by atoms with E-state index in [1.165, 1.54) is 0 Å². The standard InChI is InChI=1S/C16H15N3/c1-11-4-2-6-14(17)16(11)19-15-7-3-5-12-10-18-9-8-13(12)15/h2-10,19H,17H2,1H3. The van der Waals surface area contributed by atoms with Crippen molar-refractivity contribution in [2.75, 3.05) is 11.1 Å². The predicted octanol–water partition coefficient (Wildman–Crippen LogP) is 3.87. The lowest BCUT2D eigenvalue weighted by Crippen LogP contribution is -1.99. The Labute approximate surface area is 112 Å². The molecule has 0 saturated carbocycles. The third kappa shape index (κ3) is 2.10. The third-order valence-corrected chi connectivity index (χ3v) is 3.25. The molecule has 0 radical (unpaired) electrons. The van der Waals surface area contributed by atoms with Gasteiger partial charge >= 0.3 is 0 Å². The summed E-state index contributed by atoms with van der Waals surface area (Å²) in [5.41, 5.74) is 9.93. The Bertz CT molecular complexity index is 709. The zero-order valence-electron chi connectivity index (χ0n) is 10.7. The van der Waals surface area contributed by atoms with E-state index in [0.717, 1.165) is 33.4 Å². The van der Waals surface area contributed by atoms with Gasteiger partial charge in [0.2, 0.25) is 0 Å². The van der Waals surface area contributed by atoms with Crippen molar-refractivity contribution >= 4 is 27.8 Å². The van der Waals surface area contributed by atoms with Crippen LogP contribution in [0.25, 0.3) is 10.8 Å². The number of benzene rings is 2. The SMILES string of the molecule is Cc1cccc(N)c1Nc1cccc2cnccc12. The number of aromatic nitrogens is 1. The molecule has 0 spiro atoms. The maximum Gasteiger partial charge on any atom is 0.0647 e. The molecule has 0 aliphatic carbocycles. The van der Waals surface area contributed by atoms with Gasteiger partial charge in [-0.1, -0.05) is 24.3 Å². The summed E-state index contributed by atoms with van der Waals surface area (Å²) in [5, 5.41) is 5.68. The monoisotopic (exact) mass is 249 g/mol. The van der Waals surface area contributed by atoms with E-state index in [9.17, 15) is 0 Å². The minimum Gasteiger partial charge on any atom is -0.397 e. The number of rotatable bonds is 2. The van der Waals surface area contributed by atoms with Crippen LogP contribution in [-0.4, -0.2) is 4.98 Å². The number of nitrogens with two attached hydrogens (primary N) is 1. The van der Waals surface area contributed by atoms with E-state index in [1.54, 1.807) is 6.20 Å². The van der Waals surface area contributed by atoms with Gasteiger partial charge in [0.1, 0.15) is 0 Å². The van der Waals surface area contributed by atoms with Crippen LogP contribution in [0.5, 0.6) is 0 Å². The highest BCUT2D eigenvalue weighted by atomic mass is 14.9. The van der Waals surface area contributed by atoms with Crippen LogP contribution in [0.3, 0.4) is 0 Å². The molecule has 2 aromatic carbocycles. The van der Waals surface area contributed by atoms with Crippen molar-refractivity contribution in [3.63, 3.8) is 0 Å². The van der Waals surface area contributed by atoms with E-state index in [4.69, 9.17) is 5.73 Å². The van der Waals surface area contributed by atoms with Crippen LogP contribution in [0, 0.1) is 6.92 Å². The molecule has 1 heterocycles. The van der Waals surface area contributed by atoms with Crippen LogP contribution in [0.4, 0.5) is 17.1 Å². The van der Waals surface area contributed by atoms with Crippen LogP contribution < -0.4 is 11.1 Å². The van der Waals surface area contributed by atoms with E-state index in [-0.39, 0.29) is 0 Å². The van der Waals surface area contributed by atoms with Crippen LogP contribution in [0.1, 0.15) is 5.56 Å². The Morgan fingerprint density at radius 3 is 2.74 bits per heavy atom. The first kappa shape index (κ1) is 11.5. The van der Waals surface area contributed by atoms with E-state index < -0.39 is 0 Å². The van der Waals surface area contributed by atoms with Crippen molar-refractivity contribution in [3.8, 4) is 0 Å². The molecule has 0 fully saturated rings. The van der Waals surface area contributed by atoms with Crippen LogP contribution in [0.15, 0.2) is 54.9 Å². The van der Waals surface area contributed by atoms with E-state index in [1.807, 2.05) is 49.5 Å². The first-order valence-corrected chi connectivity index (χ1v) is 6.20. The van der Waals surface area contributed by atoms with Crippen molar-refractivity contribution in [2.24, 2.45) is 0 Å². The normalized spacial score (nSPS) is 10.6. The summed E-state index contributed by atoms with van der Waals surface area (Å²) < 4.78 is 0. The maximum absolute atomic E-state index is 6.04. The lowest BCUT2D eigenvalue weighted by molar-refractivity contribution is 1.36. The lowest BCUT2D eigenvalue weighted by Gasteiger charge is -2.14. The number of hydrogen-bond donors (Lipinski definition) is 2. The quantitative estimate of drug-likeness (QED) is 0.678. The average molecular weight is 249 g/mol. The van der Waals surface area contributed by atoms with Crippen molar-refractivity contribution in [3.05, 3.63) is 60.4 Å². The molecular formula is C16H15N3. The fourth-order valence-corrected chi connectivity index (χ4v) is 2.23. The van der Waals surface area contributed by atoms with Gasteiger partial charge < -0.3 is 11.1 Å². The average Bonchev–Trinajstić information content (AvgIpc) is 2.43. The summed E-state index contributed by atoms with van der Waals surface area (Å²) in [6.07, 6.45) is 3.66. The predicted molar refractivity (Wildman–Crippen MR) is 80.6 cm³/mol. The number of nitrogens with zero attached hydrogens (tertiary/aromatic N) is 1. The highest BCUT2D eigenvalue weighted by Gasteiger charge is 2.05. The van der Waals surface area contributed by atoms with Crippen molar-refractivity contribution in [2.45, 2.75) is 6.92 Å². The van der Waals surface area contributed by atoms with Crippen molar-refractivity contribution in [1.29, 1.82) is 0 Å². The summed E-state index contributed by atoms with van der Waals surface area (Å²) in [6.45, 7) is 2.05. The Kier molecular flexibility index (Phi) is 2.80. The second kappa shape index (κ2) is 4.61. The van der Waals surface area contributed by atoms with E-state index in [2.05, 4.69) is 16.4 Å². The maximum atomic E-state index is 6.04. The Balaban J connectivity index is 2.11.